The van der Waals surface area contributed by atoms with Crippen molar-refractivity contribution >= 4 is 33.9 Å². The molecule has 0 spiro atoms. The van der Waals surface area contributed by atoms with Crippen LogP contribution in [0.15, 0.2) is 42.6 Å². The van der Waals surface area contributed by atoms with Gasteiger partial charge in [0.1, 0.15) is 0 Å². The van der Waals surface area contributed by atoms with Crippen molar-refractivity contribution < 1.29 is 0 Å². The highest BCUT2D eigenvalue weighted by molar-refractivity contribution is 6.30. The minimum Gasteiger partial charge on any atom is -0.396 e. The summed E-state index contributed by atoms with van der Waals surface area (Å²) in [5.74, 6) is 0. The van der Waals surface area contributed by atoms with Crippen LogP contribution in [-0.2, 0) is 0 Å². The van der Waals surface area contributed by atoms with Crippen LogP contribution in [0.25, 0.3) is 22.0 Å². The number of nitrogen functional groups attached to an aromatic ring is 2. The molecule has 1 heterocycles. The van der Waals surface area contributed by atoms with E-state index in [2.05, 4.69) is 4.98 Å². The fraction of sp³-hybridized carbons (Fsp3) is 0.0625. The molecule has 0 bridgehead atoms. The first-order valence-corrected chi connectivity index (χ1v) is 6.64. The first kappa shape index (κ1) is 12.8. The quantitative estimate of drug-likeness (QED) is 0.709. The van der Waals surface area contributed by atoms with Crippen LogP contribution in [0.4, 0.5) is 11.4 Å². The third-order valence-electron chi connectivity index (χ3n) is 3.44. The number of rotatable bonds is 1. The summed E-state index contributed by atoms with van der Waals surface area (Å²) in [4.78, 5) is 4.29. The van der Waals surface area contributed by atoms with Gasteiger partial charge in [-0.3, -0.25) is 4.98 Å². The molecule has 0 radical (unpaired) electrons. The number of hydrogen-bond donors (Lipinski definition) is 2. The summed E-state index contributed by atoms with van der Waals surface area (Å²) in [7, 11) is 0. The van der Waals surface area contributed by atoms with Gasteiger partial charge in [0.05, 0.1) is 23.1 Å². The molecule has 0 saturated heterocycles. The molecule has 0 aliphatic heterocycles. The lowest BCUT2D eigenvalue weighted by Gasteiger charge is -2.10. The zero-order chi connectivity index (χ0) is 14.3. The monoisotopic (exact) mass is 283 g/mol. The molecule has 0 amide bonds. The number of hydrogen-bond acceptors (Lipinski definition) is 3. The molecule has 0 aliphatic carbocycles. The van der Waals surface area contributed by atoms with E-state index >= 15 is 0 Å². The Kier molecular flexibility index (Phi) is 2.99. The third kappa shape index (κ3) is 2.06. The largest absolute Gasteiger partial charge is 0.396 e. The van der Waals surface area contributed by atoms with Crippen LogP contribution in [0.1, 0.15) is 5.56 Å². The van der Waals surface area contributed by atoms with Gasteiger partial charge in [0, 0.05) is 10.4 Å². The van der Waals surface area contributed by atoms with E-state index in [0.29, 0.717) is 11.4 Å². The maximum absolute atomic E-state index is 6.04. The number of benzene rings is 2. The van der Waals surface area contributed by atoms with Crippen molar-refractivity contribution in [1.29, 1.82) is 0 Å². The molecule has 0 saturated carbocycles. The Hall–Kier alpha value is -2.26. The number of pyridine rings is 1. The van der Waals surface area contributed by atoms with Gasteiger partial charge in [0.15, 0.2) is 0 Å². The molecule has 4 heteroatoms. The predicted octanol–water partition coefficient (Wildman–Crippen LogP) is 4.03. The van der Waals surface area contributed by atoms with E-state index in [-0.39, 0.29) is 0 Å². The lowest BCUT2D eigenvalue weighted by Crippen LogP contribution is -1.97. The van der Waals surface area contributed by atoms with Crippen LogP contribution in [-0.4, -0.2) is 4.98 Å². The van der Waals surface area contributed by atoms with Gasteiger partial charge in [-0.15, -0.1) is 0 Å². The molecular formula is C16H14ClN3. The van der Waals surface area contributed by atoms with Gasteiger partial charge < -0.3 is 11.5 Å². The molecule has 4 N–H and O–H groups in total. The number of fused-ring (bicyclic) bond motifs is 1. The number of anilines is 2. The lowest BCUT2D eigenvalue weighted by molar-refractivity contribution is 1.41. The van der Waals surface area contributed by atoms with Gasteiger partial charge in [-0.1, -0.05) is 23.7 Å². The van der Waals surface area contributed by atoms with Crippen LogP contribution in [0.3, 0.4) is 0 Å². The molecule has 3 aromatic rings. The standard InChI is InChI=1S/C16H14ClN3/c1-9-6-11(17)3-4-12(9)10-2-5-15-13(7-10)16(19)14(18)8-20-15/h2-8H,18H2,1H3,(H2,19,20). The average molecular weight is 284 g/mol. The Bertz CT molecular complexity index is 812. The zero-order valence-electron chi connectivity index (χ0n) is 11.0. The summed E-state index contributed by atoms with van der Waals surface area (Å²) in [5.41, 5.74) is 17.1. The SMILES string of the molecule is Cc1cc(Cl)ccc1-c1ccc2ncc(N)c(N)c2c1. The second-order valence-electron chi connectivity index (χ2n) is 4.82. The molecule has 3 nitrogen and oxygen atoms in total. The molecule has 0 fully saturated rings. The molecule has 2 aromatic carbocycles. The highest BCUT2D eigenvalue weighted by Crippen LogP contribution is 2.31. The Morgan fingerprint density at radius 1 is 1.05 bits per heavy atom. The maximum atomic E-state index is 6.04. The molecular weight excluding hydrogens is 270 g/mol. The van der Waals surface area contributed by atoms with E-state index in [1.165, 1.54) is 0 Å². The minimum absolute atomic E-state index is 0.502. The van der Waals surface area contributed by atoms with E-state index in [0.717, 1.165) is 32.6 Å². The summed E-state index contributed by atoms with van der Waals surface area (Å²) >= 11 is 6.00. The second-order valence-corrected chi connectivity index (χ2v) is 5.25. The normalized spacial score (nSPS) is 10.9. The molecule has 1 aromatic heterocycles. The van der Waals surface area contributed by atoms with E-state index in [1.807, 2.05) is 43.3 Å². The predicted molar refractivity (Wildman–Crippen MR) is 85.8 cm³/mol. The molecule has 0 aliphatic rings. The molecule has 0 atom stereocenters. The van der Waals surface area contributed by atoms with Crippen molar-refractivity contribution in [2.45, 2.75) is 6.92 Å². The Balaban J connectivity index is 2.24. The number of halogens is 1. The fourth-order valence-electron chi connectivity index (χ4n) is 2.35. The van der Waals surface area contributed by atoms with Crippen LogP contribution >= 0.6 is 11.6 Å². The first-order valence-electron chi connectivity index (χ1n) is 6.26. The van der Waals surface area contributed by atoms with E-state index in [4.69, 9.17) is 23.1 Å². The molecule has 3 rings (SSSR count). The Labute approximate surface area is 122 Å². The summed E-state index contributed by atoms with van der Waals surface area (Å²) in [6.07, 6.45) is 1.59. The molecule has 0 unspecified atom stereocenters. The van der Waals surface area contributed by atoms with E-state index < -0.39 is 0 Å². The van der Waals surface area contributed by atoms with Gasteiger partial charge in [-0.2, -0.15) is 0 Å². The van der Waals surface area contributed by atoms with E-state index in [1.54, 1.807) is 6.20 Å². The maximum Gasteiger partial charge on any atom is 0.0740 e. The third-order valence-corrected chi connectivity index (χ3v) is 3.68. The highest BCUT2D eigenvalue weighted by atomic mass is 35.5. The number of nitrogens with two attached hydrogens (primary N) is 2. The van der Waals surface area contributed by atoms with Crippen molar-refractivity contribution in [1.82, 2.24) is 4.98 Å². The Morgan fingerprint density at radius 3 is 2.60 bits per heavy atom. The number of aromatic nitrogens is 1. The topological polar surface area (TPSA) is 64.9 Å². The van der Waals surface area contributed by atoms with Crippen molar-refractivity contribution in [3.63, 3.8) is 0 Å². The highest BCUT2D eigenvalue weighted by Gasteiger charge is 2.07. The van der Waals surface area contributed by atoms with Crippen molar-refractivity contribution in [2.75, 3.05) is 11.5 Å². The molecule has 100 valence electrons. The van der Waals surface area contributed by atoms with Crippen molar-refractivity contribution in [2.24, 2.45) is 0 Å². The second kappa shape index (κ2) is 4.69. The summed E-state index contributed by atoms with van der Waals surface area (Å²) in [6.45, 7) is 2.03. The van der Waals surface area contributed by atoms with Crippen LogP contribution in [0.5, 0.6) is 0 Å². The van der Waals surface area contributed by atoms with Gasteiger partial charge in [0.25, 0.3) is 0 Å². The van der Waals surface area contributed by atoms with Crippen LogP contribution < -0.4 is 11.5 Å². The summed E-state index contributed by atoms with van der Waals surface area (Å²) < 4.78 is 0. The molecule has 20 heavy (non-hydrogen) atoms. The van der Waals surface area contributed by atoms with Crippen LogP contribution in [0.2, 0.25) is 5.02 Å². The fourth-order valence-corrected chi connectivity index (χ4v) is 2.57. The summed E-state index contributed by atoms with van der Waals surface area (Å²) in [5, 5.41) is 1.61. The Morgan fingerprint density at radius 2 is 1.85 bits per heavy atom. The number of nitrogens with zero attached hydrogens (tertiary/aromatic N) is 1. The lowest BCUT2D eigenvalue weighted by atomic mass is 9.98. The minimum atomic E-state index is 0.502. The zero-order valence-corrected chi connectivity index (χ0v) is 11.8. The van der Waals surface area contributed by atoms with Crippen LogP contribution in [0, 0.1) is 6.92 Å². The van der Waals surface area contributed by atoms with Crippen molar-refractivity contribution in [3.8, 4) is 11.1 Å². The smallest absolute Gasteiger partial charge is 0.0740 e. The number of aryl methyl sites for hydroxylation is 1. The average Bonchev–Trinajstić information content (AvgIpc) is 2.43. The van der Waals surface area contributed by atoms with Gasteiger partial charge in [-0.05, 0) is 47.9 Å². The van der Waals surface area contributed by atoms with Gasteiger partial charge in [-0.25, -0.2) is 0 Å². The van der Waals surface area contributed by atoms with Gasteiger partial charge in [0.2, 0.25) is 0 Å². The van der Waals surface area contributed by atoms with Gasteiger partial charge >= 0.3 is 0 Å². The van der Waals surface area contributed by atoms with E-state index in [9.17, 15) is 0 Å². The van der Waals surface area contributed by atoms with Crippen molar-refractivity contribution in [3.05, 3.63) is 53.2 Å². The summed E-state index contributed by atoms with van der Waals surface area (Å²) in [6, 6.07) is 11.8. The first-order chi connectivity index (χ1) is 9.56.